The van der Waals surface area contributed by atoms with E-state index in [0.29, 0.717) is 11.8 Å². The SMILES string of the molecule is Cc1nc(Sc2ccc(Br)cc2CCN)oc1C. The fourth-order valence-corrected chi connectivity index (χ4v) is 2.95. The molecule has 0 aliphatic rings. The van der Waals surface area contributed by atoms with Gasteiger partial charge in [-0.05, 0) is 62.3 Å². The van der Waals surface area contributed by atoms with Crippen LogP contribution in [0.3, 0.4) is 0 Å². The molecule has 0 radical (unpaired) electrons. The Morgan fingerprint density at radius 3 is 2.78 bits per heavy atom. The van der Waals surface area contributed by atoms with Gasteiger partial charge in [-0.3, -0.25) is 0 Å². The summed E-state index contributed by atoms with van der Waals surface area (Å²) in [4.78, 5) is 5.53. The third-order valence-corrected chi connectivity index (χ3v) is 4.10. The van der Waals surface area contributed by atoms with Crippen molar-refractivity contribution < 1.29 is 4.42 Å². The maximum absolute atomic E-state index is 5.64. The summed E-state index contributed by atoms with van der Waals surface area (Å²) in [5, 5.41) is 0.686. The number of aryl methyl sites for hydroxylation is 2. The quantitative estimate of drug-likeness (QED) is 0.930. The molecule has 0 aliphatic heterocycles. The minimum absolute atomic E-state index is 0.633. The standard InChI is InChI=1S/C13H15BrN2OS/c1-8-9(2)17-13(16-8)18-12-4-3-11(14)7-10(12)5-6-15/h3-4,7H,5-6,15H2,1-2H3. The Morgan fingerprint density at radius 2 is 2.17 bits per heavy atom. The number of rotatable bonds is 4. The Morgan fingerprint density at radius 1 is 1.39 bits per heavy atom. The van der Waals surface area contributed by atoms with Crippen molar-refractivity contribution in [3.05, 3.63) is 39.7 Å². The number of nitrogens with two attached hydrogens (primary N) is 1. The van der Waals surface area contributed by atoms with Crippen LogP contribution in [0.25, 0.3) is 0 Å². The van der Waals surface area contributed by atoms with Crippen molar-refractivity contribution in [2.24, 2.45) is 5.73 Å². The molecule has 1 aromatic heterocycles. The molecule has 0 unspecified atom stereocenters. The van der Waals surface area contributed by atoms with E-state index in [9.17, 15) is 0 Å². The highest BCUT2D eigenvalue weighted by atomic mass is 79.9. The van der Waals surface area contributed by atoms with Crippen molar-refractivity contribution in [2.75, 3.05) is 6.54 Å². The monoisotopic (exact) mass is 326 g/mol. The van der Waals surface area contributed by atoms with Crippen LogP contribution in [0.5, 0.6) is 0 Å². The van der Waals surface area contributed by atoms with Crippen molar-refractivity contribution in [1.82, 2.24) is 4.98 Å². The zero-order valence-electron chi connectivity index (χ0n) is 10.4. The van der Waals surface area contributed by atoms with E-state index < -0.39 is 0 Å². The van der Waals surface area contributed by atoms with Gasteiger partial charge in [-0.25, -0.2) is 4.98 Å². The fourth-order valence-electron chi connectivity index (χ4n) is 1.58. The van der Waals surface area contributed by atoms with Crippen molar-refractivity contribution >= 4 is 27.7 Å². The van der Waals surface area contributed by atoms with E-state index in [0.717, 1.165) is 27.2 Å². The summed E-state index contributed by atoms with van der Waals surface area (Å²) in [6.45, 7) is 4.51. The summed E-state index contributed by atoms with van der Waals surface area (Å²) >= 11 is 5.02. The van der Waals surface area contributed by atoms with Gasteiger partial charge in [-0.1, -0.05) is 15.9 Å². The largest absolute Gasteiger partial charge is 0.436 e. The highest BCUT2D eigenvalue weighted by Gasteiger charge is 2.10. The predicted molar refractivity (Wildman–Crippen MR) is 77.0 cm³/mol. The number of benzene rings is 1. The summed E-state index contributed by atoms with van der Waals surface area (Å²) in [6, 6.07) is 6.18. The van der Waals surface area contributed by atoms with Gasteiger partial charge in [0, 0.05) is 9.37 Å². The summed E-state index contributed by atoms with van der Waals surface area (Å²) in [5.41, 5.74) is 7.79. The molecule has 0 saturated heterocycles. The summed E-state index contributed by atoms with van der Waals surface area (Å²) in [5.74, 6) is 0.870. The molecule has 2 N–H and O–H groups in total. The van der Waals surface area contributed by atoms with Crippen LogP contribution in [0.4, 0.5) is 0 Å². The first-order chi connectivity index (χ1) is 8.60. The lowest BCUT2D eigenvalue weighted by Gasteiger charge is -2.06. The lowest BCUT2D eigenvalue weighted by atomic mass is 10.1. The molecule has 18 heavy (non-hydrogen) atoms. The summed E-state index contributed by atoms with van der Waals surface area (Å²) in [6.07, 6.45) is 0.848. The third kappa shape index (κ3) is 3.16. The number of aromatic nitrogens is 1. The van der Waals surface area contributed by atoms with Crippen LogP contribution in [-0.2, 0) is 6.42 Å². The topological polar surface area (TPSA) is 52.0 Å². The maximum Gasteiger partial charge on any atom is 0.261 e. The van der Waals surface area contributed by atoms with Crippen molar-refractivity contribution in [2.45, 2.75) is 30.4 Å². The fraction of sp³-hybridized carbons (Fsp3) is 0.308. The molecule has 1 aromatic carbocycles. The molecule has 3 nitrogen and oxygen atoms in total. The Labute approximate surface area is 119 Å². The summed E-state index contributed by atoms with van der Waals surface area (Å²) < 4.78 is 6.66. The highest BCUT2D eigenvalue weighted by molar-refractivity contribution is 9.10. The lowest BCUT2D eigenvalue weighted by Crippen LogP contribution is -2.03. The van der Waals surface area contributed by atoms with Gasteiger partial charge in [-0.2, -0.15) is 0 Å². The maximum atomic E-state index is 5.64. The molecule has 0 atom stereocenters. The molecule has 5 heteroatoms. The van der Waals surface area contributed by atoms with Gasteiger partial charge in [0.1, 0.15) is 5.76 Å². The van der Waals surface area contributed by atoms with Crippen LogP contribution in [-0.4, -0.2) is 11.5 Å². The molecule has 96 valence electrons. The van der Waals surface area contributed by atoms with Crippen LogP contribution in [0.15, 0.2) is 37.2 Å². The second kappa shape index (κ2) is 5.91. The predicted octanol–water partition coefficient (Wildman–Crippen LogP) is 3.71. The highest BCUT2D eigenvalue weighted by Crippen LogP contribution is 2.32. The minimum Gasteiger partial charge on any atom is -0.436 e. The lowest BCUT2D eigenvalue weighted by molar-refractivity contribution is 0.431. The van der Waals surface area contributed by atoms with E-state index in [1.54, 1.807) is 11.8 Å². The Balaban J connectivity index is 2.27. The smallest absolute Gasteiger partial charge is 0.261 e. The van der Waals surface area contributed by atoms with E-state index in [1.807, 2.05) is 19.9 Å². The van der Waals surface area contributed by atoms with E-state index in [2.05, 4.69) is 33.0 Å². The first-order valence-corrected chi connectivity index (χ1v) is 7.31. The average molecular weight is 327 g/mol. The molecule has 0 spiro atoms. The van der Waals surface area contributed by atoms with Crippen LogP contribution in [0.2, 0.25) is 0 Å². The molecule has 1 heterocycles. The molecule has 0 saturated carbocycles. The Hall–Kier alpha value is -0.780. The van der Waals surface area contributed by atoms with Crippen molar-refractivity contribution in [1.29, 1.82) is 0 Å². The van der Waals surface area contributed by atoms with Gasteiger partial charge in [-0.15, -0.1) is 0 Å². The molecular weight excluding hydrogens is 312 g/mol. The summed E-state index contributed by atoms with van der Waals surface area (Å²) in [7, 11) is 0. The molecule has 2 rings (SSSR count). The van der Waals surface area contributed by atoms with Gasteiger partial charge >= 0.3 is 0 Å². The number of hydrogen-bond donors (Lipinski definition) is 1. The first-order valence-electron chi connectivity index (χ1n) is 5.70. The van der Waals surface area contributed by atoms with Crippen molar-refractivity contribution in [3.63, 3.8) is 0 Å². The zero-order valence-corrected chi connectivity index (χ0v) is 12.8. The van der Waals surface area contributed by atoms with Crippen LogP contribution < -0.4 is 5.73 Å². The van der Waals surface area contributed by atoms with Crippen LogP contribution >= 0.6 is 27.7 Å². The van der Waals surface area contributed by atoms with Crippen molar-refractivity contribution in [3.8, 4) is 0 Å². The number of halogens is 1. The normalized spacial score (nSPS) is 10.9. The molecule has 2 aromatic rings. The van der Waals surface area contributed by atoms with Crippen LogP contribution in [0.1, 0.15) is 17.0 Å². The Bertz CT molecular complexity index is 534. The third-order valence-electron chi connectivity index (χ3n) is 2.64. The first kappa shape index (κ1) is 13.6. The number of hydrogen-bond acceptors (Lipinski definition) is 4. The van der Waals surface area contributed by atoms with Gasteiger partial charge in [0.2, 0.25) is 0 Å². The molecule has 0 amide bonds. The van der Waals surface area contributed by atoms with Gasteiger partial charge in [0.05, 0.1) is 5.69 Å². The second-order valence-corrected chi connectivity index (χ2v) is 5.92. The minimum atomic E-state index is 0.633. The molecule has 0 aliphatic carbocycles. The molecule has 0 bridgehead atoms. The van der Waals surface area contributed by atoms with Gasteiger partial charge < -0.3 is 10.2 Å². The zero-order chi connectivity index (χ0) is 13.1. The Kier molecular flexibility index (Phi) is 4.48. The molecular formula is C13H15BrN2OS. The van der Waals surface area contributed by atoms with E-state index in [1.165, 1.54) is 5.56 Å². The van der Waals surface area contributed by atoms with E-state index in [4.69, 9.17) is 10.2 Å². The molecule has 0 fully saturated rings. The van der Waals surface area contributed by atoms with Crippen LogP contribution in [0, 0.1) is 13.8 Å². The van der Waals surface area contributed by atoms with Gasteiger partial charge in [0.25, 0.3) is 5.22 Å². The average Bonchev–Trinajstić information content (AvgIpc) is 2.62. The van der Waals surface area contributed by atoms with Gasteiger partial charge in [0.15, 0.2) is 0 Å². The van der Waals surface area contributed by atoms with E-state index >= 15 is 0 Å². The second-order valence-electron chi connectivity index (χ2n) is 4.01. The number of oxazole rings is 1. The number of nitrogens with zero attached hydrogens (tertiary/aromatic N) is 1. The van der Waals surface area contributed by atoms with E-state index in [-0.39, 0.29) is 0 Å².